The standard InChI is InChI=1S/2CN.Ru/c2*1-2;/q2*-1;+2. The van der Waals surface area contributed by atoms with Crippen LogP contribution in [0, 0.1) is 23.7 Å². The van der Waals surface area contributed by atoms with Crippen molar-refractivity contribution in [2.75, 3.05) is 0 Å². The summed E-state index contributed by atoms with van der Waals surface area (Å²) in [6, 6.07) is 0. The Morgan fingerprint density at radius 2 is 0.800 bits per heavy atom. The summed E-state index contributed by atoms with van der Waals surface area (Å²) in [5.41, 5.74) is 0. The van der Waals surface area contributed by atoms with Gasteiger partial charge in [-0.15, -0.1) is 0 Å². The van der Waals surface area contributed by atoms with E-state index < -0.39 is 0 Å². The Labute approximate surface area is 43.8 Å². The molecule has 0 amide bonds. The minimum Gasteiger partial charge on any atom is -0.512 e. The normalized spacial score (nSPS) is 0.800. The van der Waals surface area contributed by atoms with E-state index in [0.29, 0.717) is 0 Å². The molecule has 0 spiro atoms. The molecule has 2 nitrogen and oxygen atoms in total. The molecule has 0 rings (SSSR count). The molecule has 0 aliphatic heterocycles. The van der Waals surface area contributed by atoms with Crippen LogP contribution in [0.2, 0.25) is 0 Å². The molecule has 0 N–H and O–H groups in total. The molecule has 0 aromatic heterocycles. The first-order valence-electron chi connectivity index (χ1n) is 0.447. The maximum atomic E-state index is 6.25. The predicted octanol–water partition coefficient (Wildman–Crippen LogP) is 0.190. The Bertz CT molecular complexity index is 23.1. The van der Waals surface area contributed by atoms with Gasteiger partial charge in [-0.3, -0.25) is 0 Å². The second kappa shape index (κ2) is 155. The Kier molecular flexibility index (Phi) is 722. The summed E-state index contributed by atoms with van der Waals surface area (Å²) in [5, 5.41) is 12.5. The van der Waals surface area contributed by atoms with E-state index in [4.69, 9.17) is 23.7 Å². The van der Waals surface area contributed by atoms with Crippen molar-refractivity contribution >= 4 is 0 Å². The minimum absolute atomic E-state index is 0. The molecule has 0 bridgehead atoms. The number of nitrogens with zero attached hydrogens (tertiary/aromatic N) is 2. The molecule has 3 heteroatoms. The van der Waals surface area contributed by atoms with E-state index in [1.54, 1.807) is 0 Å². The van der Waals surface area contributed by atoms with Crippen LogP contribution in [0.3, 0.4) is 0 Å². The van der Waals surface area contributed by atoms with Gasteiger partial charge in [-0.25, -0.2) is 0 Å². The first-order chi connectivity index (χ1) is 2.00. The van der Waals surface area contributed by atoms with E-state index in [9.17, 15) is 0 Å². The van der Waals surface area contributed by atoms with Gasteiger partial charge in [-0.05, 0) is 0 Å². The average molecular weight is 153 g/mol. The molecule has 0 unspecified atom stereocenters. The second-order valence-electron chi connectivity index (χ2n) is 0. The monoisotopic (exact) mass is 154 g/mol. The van der Waals surface area contributed by atoms with Gasteiger partial charge in [-0.1, -0.05) is 0 Å². The quantitative estimate of drug-likeness (QED) is 0.368. The molecule has 0 aromatic rings. The molecule has 0 radical (unpaired) electrons. The zero-order chi connectivity index (χ0) is 4.00. The van der Waals surface area contributed by atoms with Crippen LogP contribution in [0.15, 0.2) is 0 Å². The van der Waals surface area contributed by atoms with E-state index in [0.717, 1.165) is 0 Å². The zero-order valence-electron chi connectivity index (χ0n) is 2.25. The third kappa shape index (κ3) is 58.9. The summed E-state index contributed by atoms with van der Waals surface area (Å²) in [6.07, 6.45) is 0. The van der Waals surface area contributed by atoms with Crippen molar-refractivity contribution in [3.05, 3.63) is 13.1 Å². The fraction of sp³-hybridized carbons (Fsp3) is 0. The third-order valence-corrected chi connectivity index (χ3v) is 0. The van der Waals surface area contributed by atoms with Crippen LogP contribution in [0.5, 0.6) is 0 Å². The maximum Gasteiger partial charge on any atom is 2.00 e. The molecule has 0 fully saturated rings. The van der Waals surface area contributed by atoms with E-state index in [2.05, 4.69) is 0 Å². The van der Waals surface area contributed by atoms with Gasteiger partial charge in [0.15, 0.2) is 0 Å². The maximum absolute atomic E-state index is 6.25. The summed E-state index contributed by atoms with van der Waals surface area (Å²) in [6.45, 7) is 9.50. The van der Waals surface area contributed by atoms with Crippen molar-refractivity contribution < 1.29 is 19.5 Å². The molecule has 0 aromatic carbocycles. The third-order valence-electron chi connectivity index (χ3n) is 0. The molecule has 5 heavy (non-hydrogen) atoms. The van der Waals surface area contributed by atoms with Crippen LogP contribution in [-0.2, 0) is 19.5 Å². The van der Waals surface area contributed by atoms with Gasteiger partial charge >= 0.3 is 19.5 Å². The van der Waals surface area contributed by atoms with Crippen LogP contribution < -0.4 is 0 Å². The van der Waals surface area contributed by atoms with E-state index in [-0.39, 0.29) is 19.5 Å². The van der Waals surface area contributed by atoms with Crippen LogP contribution in [0.1, 0.15) is 0 Å². The second-order valence-corrected chi connectivity index (χ2v) is 0. The number of rotatable bonds is 0. The zero-order valence-corrected chi connectivity index (χ0v) is 3.99. The van der Waals surface area contributed by atoms with Gasteiger partial charge in [-0.2, -0.15) is 0 Å². The van der Waals surface area contributed by atoms with Crippen molar-refractivity contribution in [3.63, 3.8) is 0 Å². The van der Waals surface area contributed by atoms with E-state index in [1.165, 1.54) is 0 Å². The largest absolute Gasteiger partial charge is 2.00 e. The molecule has 0 aliphatic carbocycles. The van der Waals surface area contributed by atoms with Crippen LogP contribution in [-0.4, -0.2) is 0 Å². The van der Waals surface area contributed by atoms with E-state index >= 15 is 0 Å². The molecule has 0 saturated heterocycles. The molecular weight excluding hydrogens is 153 g/mol. The molecule has 0 saturated carbocycles. The minimum atomic E-state index is 0. The van der Waals surface area contributed by atoms with Crippen molar-refractivity contribution in [1.29, 1.82) is 10.5 Å². The fourth-order valence-corrected chi connectivity index (χ4v) is 0. The summed E-state index contributed by atoms with van der Waals surface area (Å²) in [7, 11) is 0. The van der Waals surface area contributed by atoms with Gasteiger partial charge < -0.3 is 23.7 Å². The Morgan fingerprint density at radius 3 is 0.800 bits per heavy atom. The van der Waals surface area contributed by atoms with Crippen LogP contribution in [0.4, 0.5) is 0 Å². The van der Waals surface area contributed by atoms with Gasteiger partial charge in [0.2, 0.25) is 0 Å². The van der Waals surface area contributed by atoms with Crippen LogP contribution >= 0.6 is 0 Å². The Balaban J connectivity index is -0.0000000133. The summed E-state index contributed by atoms with van der Waals surface area (Å²) in [4.78, 5) is 0. The molecule has 26 valence electrons. The van der Waals surface area contributed by atoms with Crippen molar-refractivity contribution in [3.8, 4) is 0 Å². The van der Waals surface area contributed by atoms with Gasteiger partial charge in [0.25, 0.3) is 0 Å². The SMILES string of the molecule is [C-]#N.[C-]#N.[Ru+2]. The Morgan fingerprint density at radius 1 is 0.800 bits per heavy atom. The number of hydrogen-bond donors (Lipinski definition) is 0. The molecular formula is C2N2Ru. The summed E-state index contributed by atoms with van der Waals surface area (Å²) >= 11 is 0. The van der Waals surface area contributed by atoms with Gasteiger partial charge in [0.1, 0.15) is 0 Å². The average Bonchev–Trinajstić information content (AvgIpc) is 1.50. The fourth-order valence-electron chi connectivity index (χ4n) is 0. The molecule has 0 heterocycles. The van der Waals surface area contributed by atoms with Gasteiger partial charge in [0, 0.05) is 0 Å². The summed E-state index contributed by atoms with van der Waals surface area (Å²) in [5.74, 6) is 0. The number of hydrogen-bond acceptors (Lipinski definition) is 2. The van der Waals surface area contributed by atoms with Crippen molar-refractivity contribution in [2.45, 2.75) is 0 Å². The first kappa shape index (κ1) is 23.3. The Hall–Kier alpha value is -0.397. The van der Waals surface area contributed by atoms with E-state index in [1.807, 2.05) is 0 Å². The predicted molar refractivity (Wildman–Crippen MR) is 9.94 cm³/mol. The topological polar surface area (TPSA) is 47.6 Å². The van der Waals surface area contributed by atoms with Crippen molar-refractivity contribution in [2.24, 2.45) is 0 Å². The van der Waals surface area contributed by atoms with Crippen LogP contribution in [0.25, 0.3) is 0 Å². The smallest absolute Gasteiger partial charge is 0.512 e. The molecule has 0 atom stereocenters. The van der Waals surface area contributed by atoms with Crippen molar-refractivity contribution in [1.82, 2.24) is 0 Å². The molecule has 0 aliphatic rings. The first-order valence-corrected chi connectivity index (χ1v) is 0.447. The van der Waals surface area contributed by atoms with Gasteiger partial charge in [0.05, 0.1) is 0 Å². The summed E-state index contributed by atoms with van der Waals surface area (Å²) < 4.78 is 0.